The fourth-order valence-corrected chi connectivity index (χ4v) is 1.61. The van der Waals surface area contributed by atoms with Crippen LogP contribution in [0.25, 0.3) is 0 Å². The van der Waals surface area contributed by atoms with Crippen molar-refractivity contribution in [2.45, 2.75) is 13.8 Å². The number of anilines is 1. The minimum atomic E-state index is -1.03. The Balaban J connectivity index is 2.56. The third-order valence-corrected chi connectivity index (χ3v) is 2.58. The van der Waals surface area contributed by atoms with Crippen molar-refractivity contribution < 1.29 is 13.5 Å². The van der Waals surface area contributed by atoms with Gasteiger partial charge in [0.1, 0.15) is 4.99 Å². The number of halogens is 2. The quantitative estimate of drug-likeness (QED) is 0.598. The van der Waals surface area contributed by atoms with Gasteiger partial charge in [-0.1, -0.05) is 26.1 Å². The van der Waals surface area contributed by atoms with Crippen molar-refractivity contribution in [1.29, 1.82) is 0 Å². The molecule has 106 valence electrons. The molecule has 6 heteroatoms. The van der Waals surface area contributed by atoms with Crippen molar-refractivity contribution in [2.75, 3.05) is 25.1 Å². The van der Waals surface area contributed by atoms with Crippen LogP contribution in [0.4, 0.5) is 14.5 Å². The van der Waals surface area contributed by atoms with Crippen LogP contribution in [0.1, 0.15) is 19.4 Å². The van der Waals surface area contributed by atoms with Crippen molar-refractivity contribution in [3.8, 4) is 0 Å². The Labute approximate surface area is 117 Å². The molecule has 0 saturated heterocycles. The number of benzene rings is 1. The molecule has 0 aromatic heterocycles. The highest BCUT2D eigenvalue weighted by atomic mass is 32.1. The summed E-state index contributed by atoms with van der Waals surface area (Å²) in [6.07, 6.45) is 0. The van der Waals surface area contributed by atoms with E-state index in [4.69, 9.17) is 10.5 Å². The highest BCUT2D eigenvalue weighted by Crippen LogP contribution is 2.20. The van der Waals surface area contributed by atoms with Crippen LogP contribution in [0.3, 0.4) is 0 Å². The SMILES string of the molecule is CC(C)COCCNc1ccc(C(N)=S)c(F)c1F. The third kappa shape index (κ3) is 4.72. The van der Waals surface area contributed by atoms with Crippen molar-refractivity contribution in [3.05, 3.63) is 29.3 Å². The van der Waals surface area contributed by atoms with Gasteiger partial charge in [0.2, 0.25) is 0 Å². The summed E-state index contributed by atoms with van der Waals surface area (Å²) in [5, 5.41) is 2.77. The molecular formula is C13H18F2N2OS. The van der Waals surface area contributed by atoms with Gasteiger partial charge in [-0.25, -0.2) is 8.78 Å². The summed E-state index contributed by atoms with van der Waals surface area (Å²) in [6.45, 7) is 5.54. The molecule has 0 radical (unpaired) electrons. The molecule has 0 saturated carbocycles. The summed E-state index contributed by atoms with van der Waals surface area (Å²) in [7, 11) is 0. The maximum atomic E-state index is 13.7. The van der Waals surface area contributed by atoms with Gasteiger partial charge in [-0.05, 0) is 18.1 Å². The van der Waals surface area contributed by atoms with Gasteiger partial charge in [0, 0.05) is 18.7 Å². The summed E-state index contributed by atoms with van der Waals surface area (Å²) in [6, 6.07) is 2.77. The van der Waals surface area contributed by atoms with Crippen molar-refractivity contribution in [2.24, 2.45) is 11.7 Å². The number of nitrogens with two attached hydrogens (primary N) is 1. The monoisotopic (exact) mass is 288 g/mol. The maximum absolute atomic E-state index is 13.7. The molecule has 3 N–H and O–H groups in total. The number of thiocarbonyl (C=S) groups is 1. The van der Waals surface area contributed by atoms with Gasteiger partial charge in [0.15, 0.2) is 11.6 Å². The van der Waals surface area contributed by atoms with Crippen molar-refractivity contribution >= 4 is 22.9 Å². The molecule has 0 atom stereocenters. The lowest BCUT2D eigenvalue weighted by molar-refractivity contribution is 0.118. The Morgan fingerprint density at radius 2 is 2.05 bits per heavy atom. The molecule has 0 amide bonds. The van der Waals surface area contributed by atoms with Crippen LogP contribution in [-0.2, 0) is 4.74 Å². The average molecular weight is 288 g/mol. The Morgan fingerprint density at radius 1 is 1.37 bits per heavy atom. The first-order valence-corrected chi connectivity index (χ1v) is 6.43. The lowest BCUT2D eigenvalue weighted by Crippen LogP contribution is -2.16. The van der Waals surface area contributed by atoms with E-state index >= 15 is 0 Å². The van der Waals surface area contributed by atoms with Gasteiger partial charge < -0.3 is 15.8 Å². The van der Waals surface area contributed by atoms with Gasteiger partial charge in [-0.2, -0.15) is 0 Å². The standard InChI is InChI=1S/C13H18F2N2OS/c1-8(2)7-18-6-5-17-10-4-3-9(13(16)19)11(14)12(10)15/h3-4,8,17H,5-7H2,1-2H3,(H2,16,19). The molecule has 0 aliphatic rings. The largest absolute Gasteiger partial charge is 0.389 e. The van der Waals surface area contributed by atoms with E-state index < -0.39 is 11.6 Å². The van der Waals surface area contributed by atoms with Crippen LogP contribution >= 0.6 is 12.2 Å². The molecule has 0 spiro atoms. The summed E-state index contributed by atoms with van der Waals surface area (Å²) >= 11 is 4.63. The molecule has 0 fully saturated rings. The van der Waals surface area contributed by atoms with E-state index in [0.29, 0.717) is 25.7 Å². The number of rotatable bonds is 7. The van der Waals surface area contributed by atoms with Crippen LogP contribution in [-0.4, -0.2) is 24.7 Å². The highest BCUT2D eigenvalue weighted by Gasteiger charge is 2.14. The summed E-state index contributed by atoms with van der Waals surface area (Å²) in [4.78, 5) is -0.164. The second-order valence-corrected chi connectivity index (χ2v) is 4.99. The normalized spacial score (nSPS) is 10.8. The molecule has 0 heterocycles. The fourth-order valence-electron chi connectivity index (χ4n) is 1.45. The van der Waals surface area contributed by atoms with Gasteiger partial charge in [-0.15, -0.1) is 0 Å². The molecule has 1 aromatic carbocycles. The number of hydrogen-bond donors (Lipinski definition) is 2. The highest BCUT2D eigenvalue weighted by molar-refractivity contribution is 7.80. The summed E-state index contributed by atoms with van der Waals surface area (Å²) in [5.41, 5.74) is 5.27. The molecule has 3 nitrogen and oxygen atoms in total. The zero-order valence-electron chi connectivity index (χ0n) is 11.0. The van der Waals surface area contributed by atoms with E-state index in [1.807, 2.05) is 13.8 Å². The first kappa shape index (κ1) is 15.8. The van der Waals surface area contributed by atoms with Crippen molar-refractivity contribution in [1.82, 2.24) is 0 Å². The van der Waals surface area contributed by atoms with Crippen LogP contribution in [0.5, 0.6) is 0 Å². The van der Waals surface area contributed by atoms with Crippen LogP contribution in [0, 0.1) is 17.6 Å². The average Bonchev–Trinajstić information content (AvgIpc) is 2.33. The van der Waals surface area contributed by atoms with Crippen molar-refractivity contribution in [3.63, 3.8) is 0 Å². The predicted octanol–water partition coefficient (Wildman–Crippen LogP) is 2.68. The Bertz CT molecular complexity index is 453. The van der Waals surface area contributed by atoms with E-state index in [9.17, 15) is 8.78 Å². The van der Waals surface area contributed by atoms with E-state index in [0.717, 1.165) is 0 Å². The molecule has 0 aliphatic carbocycles. The Morgan fingerprint density at radius 3 is 2.63 bits per heavy atom. The molecule has 0 bridgehead atoms. The van der Waals surface area contributed by atoms with Gasteiger partial charge in [0.25, 0.3) is 0 Å². The second-order valence-electron chi connectivity index (χ2n) is 4.55. The number of ether oxygens (including phenoxy) is 1. The van der Waals surface area contributed by atoms with Crippen LogP contribution < -0.4 is 11.1 Å². The smallest absolute Gasteiger partial charge is 0.182 e. The van der Waals surface area contributed by atoms with Gasteiger partial charge in [-0.3, -0.25) is 0 Å². The lowest BCUT2D eigenvalue weighted by Gasteiger charge is -2.11. The van der Waals surface area contributed by atoms with Gasteiger partial charge in [0.05, 0.1) is 12.3 Å². The van der Waals surface area contributed by atoms with Gasteiger partial charge >= 0.3 is 0 Å². The molecule has 0 aliphatic heterocycles. The van der Waals surface area contributed by atoms with E-state index in [2.05, 4.69) is 17.5 Å². The minimum absolute atomic E-state index is 0.0747. The Kier molecular flexibility index (Phi) is 6.11. The molecule has 1 aromatic rings. The molecule has 1 rings (SSSR count). The van der Waals surface area contributed by atoms with E-state index in [1.54, 1.807) is 0 Å². The first-order chi connectivity index (χ1) is 8.93. The maximum Gasteiger partial charge on any atom is 0.182 e. The van der Waals surface area contributed by atoms with E-state index in [-0.39, 0.29) is 16.2 Å². The topological polar surface area (TPSA) is 47.3 Å². The van der Waals surface area contributed by atoms with E-state index in [1.165, 1.54) is 12.1 Å². The molecule has 0 unspecified atom stereocenters. The Hall–Kier alpha value is -1.27. The lowest BCUT2D eigenvalue weighted by atomic mass is 10.2. The number of hydrogen-bond acceptors (Lipinski definition) is 3. The predicted molar refractivity (Wildman–Crippen MR) is 76.4 cm³/mol. The zero-order valence-corrected chi connectivity index (χ0v) is 11.8. The fraction of sp³-hybridized carbons (Fsp3) is 0.462. The summed E-state index contributed by atoms with van der Waals surface area (Å²) in [5.74, 6) is -1.56. The molecule has 19 heavy (non-hydrogen) atoms. The summed E-state index contributed by atoms with van der Waals surface area (Å²) < 4.78 is 32.6. The third-order valence-electron chi connectivity index (χ3n) is 2.36. The first-order valence-electron chi connectivity index (χ1n) is 6.03. The zero-order chi connectivity index (χ0) is 14.4. The van der Waals surface area contributed by atoms with Crippen LogP contribution in [0.2, 0.25) is 0 Å². The van der Waals surface area contributed by atoms with Crippen LogP contribution in [0.15, 0.2) is 12.1 Å². The second kappa shape index (κ2) is 7.35. The minimum Gasteiger partial charge on any atom is -0.389 e. The number of nitrogens with one attached hydrogen (secondary N) is 1. The molecular weight excluding hydrogens is 270 g/mol.